The molecule has 4 unspecified atom stereocenters. The van der Waals surface area contributed by atoms with E-state index in [9.17, 15) is 20.4 Å². The Hall–Kier alpha value is -6.68. The summed E-state index contributed by atoms with van der Waals surface area (Å²) < 4.78 is 13.8. The van der Waals surface area contributed by atoms with Gasteiger partial charge in [-0.3, -0.25) is 0 Å². The van der Waals surface area contributed by atoms with E-state index < -0.39 is 0 Å². The van der Waals surface area contributed by atoms with Crippen LogP contribution in [0.15, 0.2) is 109 Å². The maximum Gasteiger partial charge on any atom is 0.142 e. The van der Waals surface area contributed by atoms with Crippen LogP contribution in [0.3, 0.4) is 0 Å². The SMILES string of the molecule is Nc1cc(C23CC4CC(C2)CC(c2ccc(O)c(N)c2)(C4)C3)ccc1O.Nc1cc(C23CC4CC(CC(C4)C2)C3)c(Oc2ccc(C34CC5CC(C3)CC(C36CC7CC(CC(c8ccc(Oc9cc(O)c(N)cc9C9%10CC%11CC(CC(C%11)C9)C%10)cc8)(C7)C3)C6)(C5)C4)cc2)cc1O. The van der Waals surface area contributed by atoms with Gasteiger partial charge in [-0.15, -0.1) is 0 Å². The van der Waals surface area contributed by atoms with E-state index in [0.29, 0.717) is 33.6 Å². The smallest absolute Gasteiger partial charge is 0.142 e. The maximum absolute atomic E-state index is 10.9. The molecule has 0 spiro atoms. The molecule has 10 nitrogen and oxygen atoms in total. The van der Waals surface area contributed by atoms with Crippen LogP contribution >= 0.6 is 0 Å². The molecule has 26 rings (SSSR count). The molecule has 0 aliphatic heterocycles. The van der Waals surface area contributed by atoms with Crippen LogP contribution in [0.1, 0.15) is 226 Å². The second-order valence-electron chi connectivity index (χ2n) is 37.6. The highest BCUT2D eigenvalue weighted by Crippen LogP contribution is 2.79. The quantitative estimate of drug-likeness (QED) is 0.0455. The van der Waals surface area contributed by atoms with E-state index in [-0.39, 0.29) is 55.5 Å². The van der Waals surface area contributed by atoms with Gasteiger partial charge < -0.3 is 52.8 Å². The molecule has 0 saturated heterocycles. The van der Waals surface area contributed by atoms with Crippen LogP contribution in [0.5, 0.6) is 46.0 Å². The molecule has 6 aromatic rings. The van der Waals surface area contributed by atoms with Crippen molar-refractivity contribution in [1.82, 2.24) is 0 Å². The minimum absolute atomic E-state index is 0.120. The number of ether oxygens (including phenoxy) is 2. The number of phenolic OH excluding ortho intramolecular Hbond substituents is 4. The van der Waals surface area contributed by atoms with Crippen molar-refractivity contribution in [3.63, 3.8) is 0 Å². The van der Waals surface area contributed by atoms with E-state index in [4.69, 9.17) is 32.4 Å². The highest BCUT2D eigenvalue weighted by atomic mass is 16.5. The lowest BCUT2D eigenvalue weighted by Gasteiger charge is -2.74. The molecule has 4 atom stereocenters. The number of nitrogen functional groups attached to an aromatic ring is 4. The first-order valence-electron chi connectivity index (χ1n) is 38.2. The molecule has 20 aliphatic carbocycles. The number of rotatable bonds is 11. The highest BCUT2D eigenvalue weighted by Gasteiger charge is 2.70. The molecule has 12 N–H and O–H groups in total. The average Bonchev–Trinajstić information content (AvgIpc) is 0.678. The van der Waals surface area contributed by atoms with E-state index in [0.717, 1.165) is 100 Å². The van der Waals surface area contributed by atoms with Gasteiger partial charge in [0, 0.05) is 23.3 Å². The van der Waals surface area contributed by atoms with Crippen LogP contribution in [0.25, 0.3) is 0 Å². The molecule has 20 aliphatic rings. The topological polar surface area (TPSA) is 203 Å². The predicted molar refractivity (Wildman–Crippen MR) is 378 cm³/mol. The van der Waals surface area contributed by atoms with Gasteiger partial charge >= 0.3 is 0 Å². The monoisotopic (exact) mass is 1290 g/mol. The minimum atomic E-state index is 0.120. The van der Waals surface area contributed by atoms with Gasteiger partial charge in [0.25, 0.3) is 0 Å². The molecule has 10 heteroatoms. The summed E-state index contributed by atoms with van der Waals surface area (Å²) in [5.74, 6) is 13.6. The highest BCUT2D eigenvalue weighted by molar-refractivity contribution is 5.64. The molecule has 0 radical (unpaired) electrons. The predicted octanol–water partition coefficient (Wildman–Crippen LogP) is 19.2. The van der Waals surface area contributed by atoms with Crippen molar-refractivity contribution in [1.29, 1.82) is 0 Å². The van der Waals surface area contributed by atoms with Gasteiger partial charge in [-0.2, -0.15) is 0 Å². The number of hydrogen-bond acceptors (Lipinski definition) is 10. The van der Waals surface area contributed by atoms with E-state index in [1.165, 1.54) is 208 Å². The zero-order valence-electron chi connectivity index (χ0n) is 56.4. The maximum atomic E-state index is 10.9. The Balaban J connectivity index is 0.000000202. The summed E-state index contributed by atoms with van der Waals surface area (Å²) in [6, 6.07) is 38.3. The largest absolute Gasteiger partial charge is 0.506 e. The first-order chi connectivity index (χ1) is 46.2. The lowest BCUT2D eigenvalue weighted by Crippen LogP contribution is -2.66. The Morgan fingerprint density at radius 1 is 0.260 bits per heavy atom. The van der Waals surface area contributed by atoms with E-state index >= 15 is 0 Å². The molecular weight excluding hydrogens is 1180 g/mol. The lowest BCUT2D eigenvalue weighted by atomic mass is 9.30. The molecule has 0 heterocycles. The molecule has 0 amide bonds. The summed E-state index contributed by atoms with van der Waals surface area (Å²) in [4.78, 5) is 0. The molecule has 0 aromatic heterocycles. The van der Waals surface area contributed by atoms with Gasteiger partial charge in [0.15, 0.2) is 0 Å². The van der Waals surface area contributed by atoms with Gasteiger partial charge in [0.2, 0.25) is 0 Å². The van der Waals surface area contributed by atoms with E-state index in [2.05, 4.69) is 72.8 Å². The second-order valence-corrected chi connectivity index (χ2v) is 37.6. The summed E-state index contributed by atoms with van der Waals surface area (Å²) in [5.41, 5.74) is 36.9. The first-order valence-corrected chi connectivity index (χ1v) is 38.2. The summed E-state index contributed by atoms with van der Waals surface area (Å²) in [6.45, 7) is 0. The lowest BCUT2D eigenvalue weighted by molar-refractivity contribution is -0.212. The Kier molecular flexibility index (Phi) is 12.7. The average molecular weight is 1290 g/mol. The first kappa shape index (κ1) is 59.4. The molecular formula is C86H102N4O6. The third-order valence-electron chi connectivity index (χ3n) is 31.5. The zero-order chi connectivity index (χ0) is 64.7. The van der Waals surface area contributed by atoms with Gasteiger partial charge in [-0.1, -0.05) is 36.4 Å². The summed E-state index contributed by atoms with van der Waals surface area (Å²) >= 11 is 0. The van der Waals surface area contributed by atoms with Crippen LogP contribution in [-0.2, 0) is 32.5 Å². The van der Waals surface area contributed by atoms with Gasteiger partial charge in [0.1, 0.15) is 46.0 Å². The standard InChI is InChI=1S/C64H76N2O4.C22H26N2O2/c65-53-17-51(59-21-37-9-38(22-59)11-39(10-37)23-59)57(19-55(53)67)69-49-5-1-47(2-6-49)61-27-43-15-44(28-61)32-63(31-43,35-61)64-33-45-16-46(34-64)30-62(29-45,36-64)48-3-7-50(8-4-48)70-58-20-56(68)54(66)18-52(58)60-24-40-12-41(25-60)14-42(13-40)26-60;23-17-6-15(1-3-19(17)25)21-8-13-5-14(9-21)11-22(10-13,12-21)16-2-4-20(26)18(24)7-16/h1-8,17-20,37-46,67-68H,9-16,21-36,65-66H2;1-4,6-7,13-14,25-26H,5,8-12,23-24H2. The summed E-state index contributed by atoms with van der Waals surface area (Å²) in [6.07, 6.45) is 39.8. The molecule has 6 aromatic carbocycles. The van der Waals surface area contributed by atoms with Crippen LogP contribution in [-0.4, -0.2) is 20.4 Å². The van der Waals surface area contributed by atoms with Crippen LogP contribution in [0, 0.1) is 81.8 Å². The van der Waals surface area contributed by atoms with E-state index in [1.807, 2.05) is 24.3 Å². The van der Waals surface area contributed by atoms with Crippen molar-refractivity contribution in [2.45, 2.75) is 225 Å². The van der Waals surface area contributed by atoms with Crippen molar-refractivity contribution in [2.24, 2.45) is 81.8 Å². The van der Waals surface area contributed by atoms with Crippen molar-refractivity contribution in [2.75, 3.05) is 22.9 Å². The number of benzene rings is 6. The van der Waals surface area contributed by atoms with E-state index in [1.54, 1.807) is 23.3 Å². The third-order valence-corrected chi connectivity index (χ3v) is 31.5. The van der Waals surface area contributed by atoms with Gasteiger partial charge in [-0.25, -0.2) is 0 Å². The molecule has 502 valence electrons. The second kappa shape index (κ2) is 20.5. The van der Waals surface area contributed by atoms with Crippen molar-refractivity contribution < 1.29 is 29.9 Å². The van der Waals surface area contributed by atoms with Gasteiger partial charge in [0.05, 0.1) is 22.7 Å². The van der Waals surface area contributed by atoms with Crippen LogP contribution in [0.2, 0.25) is 0 Å². The van der Waals surface area contributed by atoms with Crippen molar-refractivity contribution in [3.8, 4) is 46.0 Å². The normalized spacial score (nSPS) is 42.2. The number of anilines is 4. The minimum Gasteiger partial charge on any atom is -0.506 e. The van der Waals surface area contributed by atoms with Crippen LogP contribution < -0.4 is 32.4 Å². The Bertz CT molecular complexity index is 3780. The fraction of sp³-hybridized carbons (Fsp3) is 0.581. The Labute approximate surface area is 568 Å². The summed E-state index contributed by atoms with van der Waals surface area (Å²) in [5, 5.41) is 41.6. The molecule has 20 fully saturated rings. The Morgan fingerprint density at radius 2 is 0.521 bits per heavy atom. The number of phenols is 4. The molecule has 20 bridgehead atoms. The van der Waals surface area contributed by atoms with Gasteiger partial charge in [-0.05, 0) is 390 Å². The molecule has 20 saturated carbocycles. The number of nitrogens with two attached hydrogens (primary N) is 4. The van der Waals surface area contributed by atoms with Crippen molar-refractivity contribution >= 4 is 22.7 Å². The number of hydrogen-bond donors (Lipinski definition) is 8. The fourth-order valence-electron chi connectivity index (χ4n) is 30.2. The number of aromatic hydroxyl groups is 4. The third kappa shape index (κ3) is 9.04. The molecule has 96 heavy (non-hydrogen) atoms. The fourth-order valence-corrected chi connectivity index (χ4v) is 30.2. The van der Waals surface area contributed by atoms with Crippen LogP contribution in [0.4, 0.5) is 22.7 Å². The Morgan fingerprint density at radius 3 is 0.833 bits per heavy atom. The summed E-state index contributed by atoms with van der Waals surface area (Å²) in [7, 11) is 0. The van der Waals surface area contributed by atoms with Crippen molar-refractivity contribution in [3.05, 3.63) is 143 Å². The zero-order valence-corrected chi connectivity index (χ0v) is 56.4.